The standard InChI is InChI=1S/C16H22N2O/c1-3-12(2)13-4-8-16(9-5-13)19-11-15(10-17)18-14-6-7-14/h4-5,8-9,12,14-15,18H,3,6-7,11H2,1-2H3. The summed E-state index contributed by atoms with van der Waals surface area (Å²) in [6.07, 6.45) is 3.51. The van der Waals surface area contributed by atoms with Gasteiger partial charge in [0.2, 0.25) is 0 Å². The molecule has 2 rings (SSSR count). The van der Waals surface area contributed by atoms with Gasteiger partial charge in [0, 0.05) is 6.04 Å². The first-order valence-electron chi connectivity index (χ1n) is 7.11. The van der Waals surface area contributed by atoms with Crippen molar-refractivity contribution in [2.45, 2.75) is 51.1 Å². The Morgan fingerprint density at radius 3 is 2.58 bits per heavy atom. The van der Waals surface area contributed by atoms with Gasteiger partial charge in [0.15, 0.2) is 0 Å². The molecule has 3 nitrogen and oxygen atoms in total. The van der Waals surface area contributed by atoms with Crippen LogP contribution in [0.25, 0.3) is 0 Å². The van der Waals surface area contributed by atoms with E-state index >= 15 is 0 Å². The second-order valence-corrected chi connectivity index (χ2v) is 5.31. The largest absolute Gasteiger partial charge is 0.491 e. The fourth-order valence-corrected chi connectivity index (χ4v) is 1.97. The molecule has 0 heterocycles. The van der Waals surface area contributed by atoms with Gasteiger partial charge < -0.3 is 4.74 Å². The molecule has 1 aromatic rings. The van der Waals surface area contributed by atoms with Gasteiger partial charge in [-0.05, 0) is 42.9 Å². The van der Waals surface area contributed by atoms with E-state index in [1.807, 2.05) is 12.1 Å². The number of ether oxygens (including phenoxy) is 1. The van der Waals surface area contributed by atoms with Crippen LogP contribution in [-0.4, -0.2) is 18.7 Å². The SMILES string of the molecule is CCC(C)c1ccc(OCC(C#N)NC2CC2)cc1. The second-order valence-electron chi connectivity index (χ2n) is 5.31. The summed E-state index contributed by atoms with van der Waals surface area (Å²) in [7, 11) is 0. The molecule has 0 spiro atoms. The van der Waals surface area contributed by atoms with E-state index in [-0.39, 0.29) is 6.04 Å². The summed E-state index contributed by atoms with van der Waals surface area (Å²) in [5.41, 5.74) is 1.34. The highest BCUT2D eigenvalue weighted by atomic mass is 16.5. The van der Waals surface area contributed by atoms with Crippen molar-refractivity contribution in [3.8, 4) is 11.8 Å². The van der Waals surface area contributed by atoms with Gasteiger partial charge in [0.05, 0.1) is 6.07 Å². The summed E-state index contributed by atoms with van der Waals surface area (Å²) >= 11 is 0. The quantitative estimate of drug-likeness (QED) is 0.816. The molecular formula is C16H22N2O. The Kier molecular flexibility index (Phi) is 4.81. The fraction of sp³-hybridized carbons (Fsp3) is 0.562. The topological polar surface area (TPSA) is 45.0 Å². The summed E-state index contributed by atoms with van der Waals surface area (Å²) in [5.74, 6) is 1.42. The highest BCUT2D eigenvalue weighted by Crippen LogP contribution is 2.22. The van der Waals surface area contributed by atoms with E-state index in [2.05, 4.69) is 37.4 Å². The predicted octanol–water partition coefficient (Wildman–Crippen LogP) is 3.22. The zero-order valence-corrected chi connectivity index (χ0v) is 11.7. The summed E-state index contributed by atoms with van der Waals surface area (Å²) in [4.78, 5) is 0. The first-order valence-corrected chi connectivity index (χ1v) is 7.11. The van der Waals surface area contributed by atoms with E-state index < -0.39 is 0 Å². The minimum absolute atomic E-state index is 0.207. The maximum Gasteiger partial charge on any atom is 0.130 e. The molecule has 2 unspecified atom stereocenters. The molecule has 0 bridgehead atoms. The van der Waals surface area contributed by atoms with E-state index in [9.17, 15) is 0 Å². The van der Waals surface area contributed by atoms with Gasteiger partial charge in [0.1, 0.15) is 18.4 Å². The number of nitriles is 1. The molecule has 1 N–H and O–H groups in total. The van der Waals surface area contributed by atoms with Crippen LogP contribution in [0.3, 0.4) is 0 Å². The number of hydrogen-bond acceptors (Lipinski definition) is 3. The smallest absolute Gasteiger partial charge is 0.130 e. The van der Waals surface area contributed by atoms with Crippen LogP contribution in [0, 0.1) is 11.3 Å². The van der Waals surface area contributed by atoms with Crippen LogP contribution in [0.15, 0.2) is 24.3 Å². The molecule has 0 amide bonds. The van der Waals surface area contributed by atoms with Crippen molar-refractivity contribution in [3.05, 3.63) is 29.8 Å². The summed E-state index contributed by atoms with van der Waals surface area (Å²) in [5, 5.41) is 12.3. The fourth-order valence-electron chi connectivity index (χ4n) is 1.97. The van der Waals surface area contributed by atoms with Crippen molar-refractivity contribution in [2.75, 3.05) is 6.61 Å². The molecule has 0 aliphatic heterocycles. The molecule has 2 atom stereocenters. The van der Waals surface area contributed by atoms with Crippen molar-refractivity contribution in [2.24, 2.45) is 0 Å². The van der Waals surface area contributed by atoms with E-state index in [0.29, 0.717) is 18.6 Å². The molecule has 19 heavy (non-hydrogen) atoms. The van der Waals surface area contributed by atoms with Crippen LogP contribution in [0.1, 0.15) is 44.6 Å². The van der Waals surface area contributed by atoms with Crippen molar-refractivity contribution < 1.29 is 4.74 Å². The Labute approximate surface area is 115 Å². The van der Waals surface area contributed by atoms with Gasteiger partial charge in [0.25, 0.3) is 0 Å². The molecule has 1 aromatic carbocycles. The lowest BCUT2D eigenvalue weighted by atomic mass is 9.99. The number of hydrogen-bond donors (Lipinski definition) is 1. The van der Waals surface area contributed by atoms with Crippen molar-refractivity contribution in [1.82, 2.24) is 5.32 Å². The molecule has 1 aliphatic carbocycles. The van der Waals surface area contributed by atoms with Gasteiger partial charge in [-0.3, -0.25) is 5.32 Å². The summed E-state index contributed by atoms with van der Waals surface area (Å²) in [6.45, 7) is 4.83. The highest BCUT2D eigenvalue weighted by Gasteiger charge is 2.24. The van der Waals surface area contributed by atoms with E-state index in [4.69, 9.17) is 10.00 Å². The van der Waals surface area contributed by atoms with E-state index in [1.54, 1.807) is 0 Å². The summed E-state index contributed by atoms with van der Waals surface area (Å²) < 4.78 is 5.67. The van der Waals surface area contributed by atoms with E-state index in [1.165, 1.54) is 18.4 Å². The highest BCUT2D eigenvalue weighted by molar-refractivity contribution is 5.29. The third kappa shape index (κ3) is 4.25. The maximum atomic E-state index is 9.04. The van der Waals surface area contributed by atoms with Gasteiger partial charge in [-0.2, -0.15) is 5.26 Å². The van der Waals surface area contributed by atoms with Crippen LogP contribution in [-0.2, 0) is 0 Å². The number of benzene rings is 1. The first-order chi connectivity index (χ1) is 9.22. The first kappa shape index (κ1) is 13.9. The van der Waals surface area contributed by atoms with Gasteiger partial charge >= 0.3 is 0 Å². The molecule has 0 radical (unpaired) electrons. The number of rotatable bonds is 7. The molecule has 102 valence electrons. The molecule has 0 saturated heterocycles. The van der Waals surface area contributed by atoms with Crippen LogP contribution in [0.5, 0.6) is 5.75 Å². The van der Waals surface area contributed by atoms with Crippen LogP contribution < -0.4 is 10.1 Å². The van der Waals surface area contributed by atoms with Crippen LogP contribution in [0.4, 0.5) is 0 Å². The zero-order chi connectivity index (χ0) is 13.7. The molecule has 1 saturated carbocycles. The molecular weight excluding hydrogens is 236 g/mol. The predicted molar refractivity (Wildman–Crippen MR) is 76.2 cm³/mol. The normalized spacial score (nSPS) is 17.5. The minimum atomic E-state index is -0.207. The lowest BCUT2D eigenvalue weighted by molar-refractivity contribution is 0.288. The molecule has 1 aliphatic rings. The van der Waals surface area contributed by atoms with Gasteiger partial charge in [-0.15, -0.1) is 0 Å². The van der Waals surface area contributed by atoms with Crippen molar-refractivity contribution in [1.29, 1.82) is 5.26 Å². The molecule has 1 fully saturated rings. The second kappa shape index (κ2) is 6.58. The van der Waals surface area contributed by atoms with Crippen molar-refractivity contribution in [3.63, 3.8) is 0 Å². The lowest BCUT2D eigenvalue weighted by Gasteiger charge is -2.13. The monoisotopic (exact) mass is 258 g/mol. The molecule has 0 aromatic heterocycles. The maximum absolute atomic E-state index is 9.04. The summed E-state index contributed by atoms with van der Waals surface area (Å²) in [6, 6.07) is 10.8. The zero-order valence-electron chi connectivity index (χ0n) is 11.7. The van der Waals surface area contributed by atoms with Gasteiger partial charge in [-0.1, -0.05) is 26.0 Å². The lowest BCUT2D eigenvalue weighted by Crippen LogP contribution is -2.34. The van der Waals surface area contributed by atoms with E-state index in [0.717, 1.165) is 12.2 Å². The Balaban J connectivity index is 1.83. The third-order valence-electron chi connectivity index (χ3n) is 3.65. The number of nitrogens with one attached hydrogen (secondary N) is 1. The average molecular weight is 258 g/mol. The van der Waals surface area contributed by atoms with Crippen LogP contribution >= 0.6 is 0 Å². The minimum Gasteiger partial charge on any atom is -0.491 e. The number of nitrogens with zero attached hydrogens (tertiary/aromatic N) is 1. The third-order valence-corrected chi connectivity index (χ3v) is 3.65. The Bertz CT molecular complexity index is 431. The Morgan fingerprint density at radius 1 is 1.37 bits per heavy atom. The average Bonchev–Trinajstić information content (AvgIpc) is 3.27. The Morgan fingerprint density at radius 2 is 2.05 bits per heavy atom. The van der Waals surface area contributed by atoms with Gasteiger partial charge in [-0.25, -0.2) is 0 Å². The Hall–Kier alpha value is -1.53. The molecule has 3 heteroatoms. The van der Waals surface area contributed by atoms with Crippen LogP contribution in [0.2, 0.25) is 0 Å². The van der Waals surface area contributed by atoms with Crippen molar-refractivity contribution >= 4 is 0 Å².